The second-order valence-electron chi connectivity index (χ2n) is 5.45. The van der Waals surface area contributed by atoms with Crippen LogP contribution in [0.25, 0.3) is 0 Å². The third kappa shape index (κ3) is 6.36. The minimum Gasteiger partial charge on any atom is -0.392 e. The summed E-state index contributed by atoms with van der Waals surface area (Å²) in [5, 5.41) is 22.7. The van der Waals surface area contributed by atoms with Crippen LogP contribution in [0.3, 0.4) is 0 Å². The summed E-state index contributed by atoms with van der Waals surface area (Å²) in [6.45, 7) is 5.73. The maximum absolute atomic E-state index is 9.76. The highest BCUT2D eigenvalue weighted by Gasteiger charge is 2.22. The SMILES string of the molecule is CC(C)COCC(O)CNC1CCCCC1O. The van der Waals surface area contributed by atoms with Gasteiger partial charge in [-0.25, -0.2) is 0 Å². The maximum atomic E-state index is 9.76. The van der Waals surface area contributed by atoms with Gasteiger partial charge in [-0.05, 0) is 18.8 Å². The number of nitrogens with one attached hydrogen (secondary N) is 1. The summed E-state index contributed by atoms with van der Waals surface area (Å²) in [6, 6.07) is 0.142. The molecule has 0 bridgehead atoms. The van der Waals surface area contributed by atoms with E-state index in [9.17, 15) is 10.2 Å². The zero-order chi connectivity index (χ0) is 12.7. The fraction of sp³-hybridized carbons (Fsp3) is 1.00. The van der Waals surface area contributed by atoms with Gasteiger partial charge in [0.1, 0.15) is 0 Å². The first-order chi connectivity index (χ1) is 8.09. The lowest BCUT2D eigenvalue weighted by Crippen LogP contribution is -2.45. The molecule has 3 atom stereocenters. The average molecular weight is 245 g/mol. The molecular formula is C13H27NO3. The summed E-state index contributed by atoms with van der Waals surface area (Å²) in [6.07, 6.45) is 3.40. The number of aliphatic hydroxyl groups excluding tert-OH is 2. The van der Waals surface area contributed by atoms with Crippen molar-refractivity contribution in [3.05, 3.63) is 0 Å². The predicted octanol–water partition coefficient (Wildman–Crippen LogP) is 0.913. The Kier molecular flexibility index (Phi) is 7.04. The third-order valence-electron chi connectivity index (χ3n) is 3.11. The highest BCUT2D eigenvalue weighted by molar-refractivity contribution is 4.81. The first-order valence-corrected chi connectivity index (χ1v) is 6.77. The van der Waals surface area contributed by atoms with E-state index in [0.717, 1.165) is 25.7 Å². The Morgan fingerprint density at radius 1 is 1.24 bits per heavy atom. The molecule has 1 fully saturated rings. The smallest absolute Gasteiger partial charge is 0.0897 e. The number of hydrogen-bond acceptors (Lipinski definition) is 4. The molecule has 0 aliphatic heterocycles. The summed E-state index contributed by atoms with van der Waals surface area (Å²) < 4.78 is 5.37. The van der Waals surface area contributed by atoms with Crippen molar-refractivity contribution in [2.24, 2.45) is 5.92 Å². The van der Waals surface area contributed by atoms with Crippen molar-refractivity contribution in [3.8, 4) is 0 Å². The van der Waals surface area contributed by atoms with Crippen LogP contribution >= 0.6 is 0 Å². The van der Waals surface area contributed by atoms with Crippen LogP contribution in [0, 0.1) is 5.92 Å². The standard InChI is InChI=1S/C13H27NO3/c1-10(2)8-17-9-11(15)7-14-12-5-3-4-6-13(12)16/h10-16H,3-9H2,1-2H3. The van der Waals surface area contributed by atoms with Gasteiger partial charge in [-0.3, -0.25) is 0 Å². The Labute approximate surface area is 104 Å². The summed E-state index contributed by atoms with van der Waals surface area (Å²) >= 11 is 0. The second-order valence-corrected chi connectivity index (χ2v) is 5.45. The molecule has 0 amide bonds. The van der Waals surface area contributed by atoms with Crippen molar-refractivity contribution in [1.29, 1.82) is 0 Å². The fourth-order valence-electron chi connectivity index (χ4n) is 2.14. The molecule has 1 aliphatic carbocycles. The molecule has 1 aliphatic rings. The minimum absolute atomic E-state index is 0.142. The molecule has 4 nitrogen and oxygen atoms in total. The van der Waals surface area contributed by atoms with E-state index in [-0.39, 0.29) is 12.1 Å². The molecule has 1 rings (SSSR count). The largest absolute Gasteiger partial charge is 0.392 e. The first-order valence-electron chi connectivity index (χ1n) is 6.77. The predicted molar refractivity (Wildman–Crippen MR) is 67.9 cm³/mol. The first kappa shape index (κ1) is 14.9. The number of aliphatic hydroxyl groups is 2. The summed E-state index contributed by atoms with van der Waals surface area (Å²) in [5.74, 6) is 0.496. The van der Waals surface area contributed by atoms with Crippen LogP contribution in [-0.2, 0) is 4.74 Å². The second kappa shape index (κ2) is 8.03. The molecule has 102 valence electrons. The van der Waals surface area contributed by atoms with Crippen LogP contribution in [0.4, 0.5) is 0 Å². The van der Waals surface area contributed by atoms with Gasteiger partial charge in [0.05, 0.1) is 18.8 Å². The van der Waals surface area contributed by atoms with Crippen LogP contribution in [-0.4, -0.2) is 48.2 Å². The molecular weight excluding hydrogens is 218 g/mol. The zero-order valence-corrected chi connectivity index (χ0v) is 11.1. The van der Waals surface area contributed by atoms with Crippen molar-refractivity contribution in [2.75, 3.05) is 19.8 Å². The van der Waals surface area contributed by atoms with E-state index in [1.807, 2.05) is 0 Å². The number of hydrogen-bond donors (Lipinski definition) is 3. The van der Waals surface area contributed by atoms with E-state index in [1.54, 1.807) is 0 Å². The van der Waals surface area contributed by atoms with Crippen molar-refractivity contribution in [1.82, 2.24) is 5.32 Å². The van der Waals surface area contributed by atoms with E-state index in [4.69, 9.17) is 4.74 Å². The van der Waals surface area contributed by atoms with Gasteiger partial charge in [0.2, 0.25) is 0 Å². The Morgan fingerprint density at radius 3 is 2.59 bits per heavy atom. The molecule has 1 saturated carbocycles. The van der Waals surface area contributed by atoms with Crippen LogP contribution in [0.2, 0.25) is 0 Å². The van der Waals surface area contributed by atoms with E-state index in [1.165, 1.54) is 0 Å². The Morgan fingerprint density at radius 2 is 1.94 bits per heavy atom. The van der Waals surface area contributed by atoms with Crippen molar-refractivity contribution in [3.63, 3.8) is 0 Å². The van der Waals surface area contributed by atoms with Crippen molar-refractivity contribution >= 4 is 0 Å². The lowest BCUT2D eigenvalue weighted by Gasteiger charge is -2.29. The molecule has 0 aromatic heterocycles. The van der Waals surface area contributed by atoms with Crippen LogP contribution in [0.15, 0.2) is 0 Å². The lowest BCUT2D eigenvalue weighted by molar-refractivity contribution is 0.0188. The monoisotopic (exact) mass is 245 g/mol. The number of rotatable bonds is 7. The van der Waals surface area contributed by atoms with Gasteiger partial charge in [0.25, 0.3) is 0 Å². The Bertz CT molecular complexity index is 199. The normalized spacial score (nSPS) is 27.4. The minimum atomic E-state index is -0.483. The molecule has 4 heteroatoms. The van der Waals surface area contributed by atoms with Gasteiger partial charge in [0.15, 0.2) is 0 Å². The highest BCUT2D eigenvalue weighted by Crippen LogP contribution is 2.18. The maximum Gasteiger partial charge on any atom is 0.0897 e. The summed E-state index contributed by atoms with van der Waals surface area (Å²) in [4.78, 5) is 0. The zero-order valence-electron chi connectivity index (χ0n) is 11.1. The molecule has 3 N–H and O–H groups in total. The van der Waals surface area contributed by atoms with Crippen molar-refractivity contribution in [2.45, 2.75) is 57.8 Å². The van der Waals surface area contributed by atoms with Gasteiger partial charge in [0, 0.05) is 19.2 Å². The van der Waals surface area contributed by atoms with Gasteiger partial charge in [-0.1, -0.05) is 26.7 Å². The topological polar surface area (TPSA) is 61.7 Å². The van der Waals surface area contributed by atoms with E-state index < -0.39 is 6.10 Å². The van der Waals surface area contributed by atoms with Crippen LogP contribution < -0.4 is 5.32 Å². The average Bonchev–Trinajstić information content (AvgIpc) is 2.27. The number of ether oxygens (including phenoxy) is 1. The molecule has 0 spiro atoms. The van der Waals surface area contributed by atoms with Gasteiger partial charge in [-0.2, -0.15) is 0 Å². The van der Waals surface area contributed by atoms with Crippen molar-refractivity contribution < 1.29 is 14.9 Å². The fourth-order valence-corrected chi connectivity index (χ4v) is 2.14. The molecule has 0 aromatic rings. The Balaban J connectivity index is 2.07. The lowest BCUT2D eigenvalue weighted by atomic mass is 9.92. The molecule has 0 saturated heterocycles. The third-order valence-corrected chi connectivity index (χ3v) is 3.11. The highest BCUT2D eigenvalue weighted by atomic mass is 16.5. The van der Waals surface area contributed by atoms with Gasteiger partial charge < -0.3 is 20.3 Å². The van der Waals surface area contributed by atoms with Crippen LogP contribution in [0.1, 0.15) is 39.5 Å². The quantitative estimate of drug-likeness (QED) is 0.624. The molecule has 17 heavy (non-hydrogen) atoms. The Hall–Kier alpha value is -0.160. The van der Waals surface area contributed by atoms with E-state index in [2.05, 4.69) is 19.2 Å². The molecule has 0 heterocycles. The summed E-state index contributed by atoms with van der Waals surface area (Å²) in [5.41, 5.74) is 0. The molecule has 0 aromatic carbocycles. The molecule has 0 radical (unpaired) electrons. The van der Waals surface area contributed by atoms with Gasteiger partial charge in [-0.15, -0.1) is 0 Å². The van der Waals surface area contributed by atoms with Gasteiger partial charge >= 0.3 is 0 Å². The molecule has 3 unspecified atom stereocenters. The van der Waals surface area contributed by atoms with Crippen LogP contribution in [0.5, 0.6) is 0 Å². The van der Waals surface area contributed by atoms with E-state index in [0.29, 0.717) is 25.7 Å². The van der Waals surface area contributed by atoms with E-state index >= 15 is 0 Å². The summed E-state index contributed by atoms with van der Waals surface area (Å²) in [7, 11) is 0.